The van der Waals surface area contributed by atoms with Gasteiger partial charge in [-0.05, 0) is 37.4 Å². The number of amides is 3. The van der Waals surface area contributed by atoms with Crippen LogP contribution in [0.1, 0.15) is 30.5 Å². The van der Waals surface area contributed by atoms with Crippen molar-refractivity contribution < 1.29 is 9.59 Å². The molecule has 0 saturated carbocycles. The molecule has 3 amide bonds. The monoisotopic (exact) mass is 339 g/mol. The number of rotatable bonds is 8. The van der Waals surface area contributed by atoms with Crippen LogP contribution >= 0.6 is 0 Å². The van der Waals surface area contributed by atoms with Gasteiger partial charge in [-0.15, -0.1) is 0 Å². The topological polar surface area (TPSA) is 70.2 Å². The quantitative estimate of drug-likeness (QED) is 0.648. The zero-order chi connectivity index (χ0) is 17.9. The lowest BCUT2D eigenvalue weighted by molar-refractivity contribution is -0.122. The zero-order valence-corrected chi connectivity index (χ0v) is 14.5. The molecule has 0 bridgehead atoms. The Hall–Kier alpha value is -2.66. The molecule has 0 radical (unpaired) electrons. The number of nitrogens with one attached hydrogen (secondary N) is 3. The molecule has 0 aromatic heterocycles. The van der Waals surface area contributed by atoms with Crippen LogP contribution in [0.3, 0.4) is 0 Å². The van der Waals surface area contributed by atoms with Gasteiger partial charge in [0.05, 0.1) is 0 Å². The first-order valence-electron chi connectivity index (χ1n) is 8.61. The van der Waals surface area contributed by atoms with E-state index in [-0.39, 0.29) is 5.91 Å². The van der Waals surface area contributed by atoms with Crippen LogP contribution in [0.2, 0.25) is 0 Å². The Labute approximate surface area is 148 Å². The van der Waals surface area contributed by atoms with Gasteiger partial charge >= 0.3 is 6.03 Å². The standard InChI is InChI=1S/C20H25N3O2/c1-2-21-20(25)23-19(24)18(17-13-7-4-8-14-17)22-15-9-12-16-10-5-3-6-11-16/h3-8,10-11,13-14,18,22H,2,9,12,15H2,1H3,(H2,21,23,24,25)/t18-/m0/s1. The fourth-order valence-electron chi connectivity index (χ4n) is 2.58. The molecule has 2 aromatic rings. The first-order valence-corrected chi connectivity index (χ1v) is 8.61. The Kier molecular flexibility index (Phi) is 7.66. The van der Waals surface area contributed by atoms with Crippen molar-refractivity contribution in [1.29, 1.82) is 0 Å². The van der Waals surface area contributed by atoms with Crippen molar-refractivity contribution in [2.24, 2.45) is 0 Å². The third-order valence-electron chi connectivity index (χ3n) is 3.80. The van der Waals surface area contributed by atoms with E-state index >= 15 is 0 Å². The van der Waals surface area contributed by atoms with Gasteiger partial charge in [-0.3, -0.25) is 10.1 Å². The molecule has 5 nitrogen and oxygen atoms in total. The summed E-state index contributed by atoms with van der Waals surface area (Å²) in [5.41, 5.74) is 2.11. The van der Waals surface area contributed by atoms with Gasteiger partial charge in [0.2, 0.25) is 5.91 Å². The van der Waals surface area contributed by atoms with Crippen LogP contribution in [0, 0.1) is 0 Å². The summed E-state index contributed by atoms with van der Waals surface area (Å²) in [6, 6.07) is 18.6. The largest absolute Gasteiger partial charge is 0.338 e. The summed E-state index contributed by atoms with van der Waals surface area (Å²) in [6.07, 6.45) is 1.84. The molecule has 25 heavy (non-hydrogen) atoms. The maximum atomic E-state index is 12.5. The molecule has 0 aliphatic rings. The average molecular weight is 339 g/mol. The molecule has 1 atom stereocenters. The summed E-state index contributed by atoms with van der Waals surface area (Å²) in [6.45, 7) is 2.96. The van der Waals surface area contributed by atoms with Crippen molar-refractivity contribution in [2.75, 3.05) is 13.1 Å². The predicted octanol–water partition coefficient (Wildman–Crippen LogP) is 2.80. The van der Waals surface area contributed by atoms with Gasteiger partial charge in [0.1, 0.15) is 6.04 Å². The summed E-state index contributed by atoms with van der Waals surface area (Å²) >= 11 is 0. The molecule has 2 aromatic carbocycles. The number of carbonyl (C=O) groups is 2. The Bertz CT molecular complexity index is 659. The van der Waals surface area contributed by atoms with Gasteiger partial charge < -0.3 is 10.6 Å². The lowest BCUT2D eigenvalue weighted by Gasteiger charge is -2.18. The molecule has 2 rings (SSSR count). The molecular weight excluding hydrogens is 314 g/mol. The number of imide groups is 1. The number of aryl methyl sites for hydroxylation is 1. The highest BCUT2D eigenvalue weighted by molar-refractivity contribution is 5.97. The average Bonchev–Trinajstić information content (AvgIpc) is 2.63. The Morgan fingerprint density at radius 1 is 0.960 bits per heavy atom. The van der Waals surface area contributed by atoms with E-state index < -0.39 is 12.1 Å². The van der Waals surface area contributed by atoms with Gasteiger partial charge in [0.25, 0.3) is 0 Å². The van der Waals surface area contributed by atoms with E-state index in [1.807, 2.05) is 48.5 Å². The van der Waals surface area contributed by atoms with Crippen LogP contribution < -0.4 is 16.0 Å². The lowest BCUT2D eigenvalue weighted by Crippen LogP contribution is -2.45. The van der Waals surface area contributed by atoms with Gasteiger partial charge in [0.15, 0.2) is 0 Å². The minimum Gasteiger partial charge on any atom is -0.338 e. The molecule has 5 heteroatoms. The van der Waals surface area contributed by atoms with Crippen LogP contribution in [0.25, 0.3) is 0 Å². The predicted molar refractivity (Wildman–Crippen MR) is 99.2 cm³/mol. The summed E-state index contributed by atoms with van der Waals surface area (Å²) in [4.78, 5) is 24.1. The number of hydrogen-bond acceptors (Lipinski definition) is 3. The van der Waals surface area contributed by atoms with Crippen LogP contribution in [-0.4, -0.2) is 25.0 Å². The lowest BCUT2D eigenvalue weighted by atomic mass is 10.1. The first kappa shape index (κ1) is 18.7. The highest BCUT2D eigenvalue weighted by atomic mass is 16.2. The normalized spacial score (nSPS) is 11.6. The molecule has 0 unspecified atom stereocenters. The van der Waals surface area contributed by atoms with Crippen LogP contribution in [0.4, 0.5) is 4.79 Å². The van der Waals surface area contributed by atoms with E-state index in [0.29, 0.717) is 13.1 Å². The molecule has 0 heterocycles. The molecule has 0 aliphatic heterocycles. The second kappa shape index (κ2) is 10.3. The number of carbonyl (C=O) groups excluding carboxylic acids is 2. The first-order chi connectivity index (χ1) is 12.2. The number of hydrogen-bond donors (Lipinski definition) is 3. The highest BCUT2D eigenvalue weighted by Gasteiger charge is 2.21. The van der Waals surface area contributed by atoms with Gasteiger partial charge in [-0.25, -0.2) is 4.79 Å². The molecule has 0 aliphatic carbocycles. The number of urea groups is 1. The molecule has 0 saturated heterocycles. The Balaban J connectivity index is 1.92. The highest BCUT2D eigenvalue weighted by Crippen LogP contribution is 2.13. The fraction of sp³-hybridized carbons (Fsp3) is 0.300. The Morgan fingerprint density at radius 3 is 2.24 bits per heavy atom. The summed E-state index contributed by atoms with van der Waals surface area (Å²) < 4.78 is 0. The summed E-state index contributed by atoms with van der Waals surface area (Å²) in [5.74, 6) is -0.350. The minimum atomic E-state index is -0.556. The van der Waals surface area contributed by atoms with Crippen molar-refractivity contribution in [3.05, 3.63) is 71.8 Å². The van der Waals surface area contributed by atoms with Crippen LogP contribution in [0.5, 0.6) is 0 Å². The maximum absolute atomic E-state index is 12.5. The zero-order valence-electron chi connectivity index (χ0n) is 14.5. The van der Waals surface area contributed by atoms with Gasteiger partial charge in [-0.2, -0.15) is 0 Å². The smallest absolute Gasteiger partial charge is 0.321 e. The minimum absolute atomic E-state index is 0.350. The van der Waals surface area contributed by atoms with Crippen molar-refractivity contribution in [3.63, 3.8) is 0 Å². The van der Waals surface area contributed by atoms with Crippen LogP contribution in [-0.2, 0) is 11.2 Å². The summed E-state index contributed by atoms with van der Waals surface area (Å²) in [7, 11) is 0. The molecular formula is C20H25N3O2. The molecule has 3 N–H and O–H groups in total. The third kappa shape index (κ3) is 6.39. The second-order valence-electron chi connectivity index (χ2n) is 5.74. The van der Waals surface area contributed by atoms with E-state index in [9.17, 15) is 9.59 Å². The van der Waals surface area contributed by atoms with E-state index in [4.69, 9.17) is 0 Å². The molecule has 0 spiro atoms. The van der Waals surface area contributed by atoms with Crippen molar-refractivity contribution in [3.8, 4) is 0 Å². The Morgan fingerprint density at radius 2 is 1.60 bits per heavy atom. The molecule has 132 valence electrons. The maximum Gasteiger partial charge on any atom is 0.321 e. The van der Waals surface area contributed by atoms with E-state index in [0.717, 1.165) is 18.4 Å². The van der Waals surface area contributed by atoms with Gasteiger partial charge in [0, 0.05) is 6.54 Å². The van der Waals surface area contributed by atoms with E-state index in [1.165, 1.54) is 5.56 Å². The SMILES string of the molecule is CCNC(=O)NC(=O)[C@@H](NCCCc1ccccc1)c1ccccc1. The fourth-order valence-corrected chi connectivity index (χ4v) is 2.58. The van der Waals surface area contributed by atoms with E-state index in [2.05, 4.69) is 28.1 Å². The van der Waals surface area contributed by atoms with Crippen molar-refractivity contribution in [1.82, 2.24) is 16.0 Å². The van der Waals surface area contributed by atoms with E-state index in [1.54, 1.807) is 6.92 Å². The van der Waals surface area contributed by atoms with Gasteiger partial charge in [-0.1, -0.05) is 60.7 Å². The third-order valence-corrected chi connectivity index (χ3v) is 3.80. The van der Waals surface area contributed by atoms with Crippen LogP contribution in [0.15, 0.2) is 60.7 Å². The number of benzene rings is 2. The van der Waals surface area contributed by atoms with Crippen molar-refractivity contribution >= 4 is 11.9 Å². The second-order valence-corrected chi connectivity index (χ2v) is 5.74. The molecule has 0 fully saturated rings. The summed E-state index contributed by atoms with van der Waals surface area (Å²) in [5, 5.41) is 8.22. The van der Waals surface area contributed by atoms with Crippen molar-refractivity contribution in [2.45, 2.75) is 25.8 Å².